The summed E-state index contributed by atoms with van der Waals surface area (Å²) in [6.45, 7) is 3.56. The zero-order valence-corrected chi connectivity index (χ0v) is 13.9. The molecule has 0 saturated carbocycles. The number of amides is 3. The minimum Gasteiger partial charge on any atom is -0.480 e. The lowest BCUT2D eigenvalue weighted by Gasteiger charge is -2.13. The van der Waals surface area contributed by atoms with Crippen LogP contribution in [0.15, 0.2) is 18.2 Å². The summed E-state index contributed by atoms with van der Waals surface area (Å²) in [4.78, 5) is 33.6. The van der Waals surface area contributed by atoms with Crippen molar-refractivity contribution >= 4 is 29.3 Å². The molecule has 24 heavy (non-hydrogen) atoms. The van der Waals surface area contributed by atoms with E-state index in [9.17, 15) is 14.4 Å². The summed E-state index contributed by atoms with van der Waals surface area (Å²) in [6, 6.07) is 4.01. The largest absolute Gasteiger partial charge is 0.480 e. The molecule has 0 fully saturated rings. The molecule has 6 N–H and O–H groups in total. The van der Waals surface area contributed by atoms with Crippen LogP contribution in [0.4, 0.5) is 16.2 Å². The van der Waals surface area contributed by atoms with Gasteiger partial charge in [-0.05, 0) is 43.9 Å². The van der Waals surface area contributed by atoms with Gasteiger partial charge in [0.1, 0.15) is 6.04 Å². The van der Waals surface area contributed by atoms with E-state index in [1.807, 2.05) is 13.0 Å². The molecule has 1 atom stereocenters. The predicted molar refractivity (Wildman–Crippen MR) is 91.7 cm³/mol. The Morgan fingerprint density at radius 1 is 1.25 bits per heavy atom. The number of aliphatic carboxylic acids is 1. The summed E-state index contributed by atoms with van der Waals surface area (Å²) in [5.74, 6) is -1.44. The molecule has 1 rings (SSSR count). The molecule has 0 spiro atoms. The van der Waals surface area contributed by atoms with E-state index in [0.717, 1.165) is 5.56 Å². The lowest BCUT2D eigenvalue weighted by molar-refractivity contribution is -0.141. The van der Waals surface area contributed by atoms with Crippen LogP contribution >= 0.6 is 0 Å². The molecule has 0 aromatic heterocycles. The highest BCUT2D eigenvalue weighted by atomic mass is 16.4. The molecule has 3 amide bonds. The molecular weight excluding hydrogens is 312 g/mol. The minimum atomic E-state index is -1.06. The number of rotatable bonds is 8. The van der Waals surface area contributed by atoms with E-state index < -0.39 is 12.0 Å². The molecule has 0 bridgehead atoms. The normalized spacial score (nSPS) is 11.4. The highest BCUT2D eigenvalue weighted by Gasteiger charge is 2.17. The number of nitrogen functional groups attached to an aromatic ring is 1. The van der Waals surface area contributed by atoms with Crippen LogP contribution in [-0.2, 0) is 9.59 Å². The van der Waals surface area contributed by atoms with Crippen molar-refractivity contribution in [3.05, 3.63) is 23.8 Å². The number of carbonyl (C=O) groups excluding carboxylic acids is 2. The average molecular weight is 336 g/mol. The van der Waals surface area contributed by atoms with Gasteiger partial charge in [-0.15, -0.1) is 0 Å². The number of carboxylic acid groups (broad SMARTS) is 1. The topological polar surface area (TPSA) is 134 Å². The number of nitrogens with one attached hydrogen (secondary N) is 3. The number of benzene rings is 1. The van der Waals surface area contributed by atoms with Gasteiger partial charge in [0.2, 0.25) is 5.91 Å². The number of carbonyl (C=O) groups is 3. The van der Waals surface area contributed by atoms with Crippen molar-refractivity contribution in [3.63, 3.8) is 0 Å². The van der Waals surface area contributed by atoms with Crippen molar-refractivity contribution < 1.29 is 19.5 Å². The third-order valence-electron chi connectivity index (χ3n) is 3.42. The molecule has 0 aliphatic heterocycles. The fourth-order valence-electron chi connectivity index (χ4n) is 2.07. The smallest absolute Gasteiger partial charge is 0.326 e. The SMILES string of the molecule is CC(=O)N[C@@H](CCCCNC(=O)Nc1ccc(C)c(N)c1)C(=O)O. The molecule has 1 aromatic rings. The Morgan fingerprint density at radius 3 is 2.54 bits per heavy atom. The van der Waals surface area contributed by atoms with Crippen LogP contribution in [0.5, 0.6) is 0 Å². The maximum atomic E-state index is 11.7. The molecule has 8 heteroatoms. The van der Waals surface area contributed by atoms with E-state index in [4.69, 9.17) is 10.8 Å². The number of carboxylic acids is 1. The zero-order valence-electron chi connectivity index (χ0n) is 13.9. The monoisotopic (exact) mass is 336 g/mol. The second-order valence-electron chi connectivity index (χ2n) is 5.54. The van der Waals surface area contributed by atoms with E-state index in [-0.39, 0.29) is 11.9 Å². The molecule has 1 aromatic carbocycles. The minimum absolute atomic E-state index is 0.312. The van der Waals surface area contributed by atoms with Crippen molar-refractivity contribution in [1.29, 1.82) is 0 Å². The van der Waals surface area contributed by atoms with Crippen LogP contribution in [0, 0.1) is 6.92 Å². The maximum absolute atomic E-state index is 11.7. The first-order chi connectivity index (χ1) is 11.3. The van der Waals surface area contributed by atoms with Gasteiger partial charge in [0.25, 0.3) is 0 Å². The van der Waals surface area contributed by atoms with Crippen molar-refractivity contribution in [2.45, 2.75) is 39.2 Å². The number of hydrogen-bond acceptors (Lipinski definition) is 4. The van der Waals surface area contributed by atoms with Crippen molar-refractivity contribution in [2.24, 2.45) is 0 Å². The van der Waals surface area contributed by atoms with E-state index in [0.29, 0.717) is 37.2 Å². The molecule has 0 aliphatic rings. The van der Waals surface area contributed by atoms with E-state index in [1.54, 1.807) is 12.1 Å². The van der Waals surface area contributed by atoms with Crippen molar-refractivity contribution in [1.82, 2.24) is 10.6 Å². The van der Waals surface area contributed by atoms with E-state index in [1.165, 1.54) is 6.92 Å². The number of urea groups is 1. The second kappa shape index (κ2) is 9.39. The van der Waals surface area contributed by atoms with Crippen LogP contribution in [0.2, 0.25) is 0 Å². The van der Waals surface area contributed by atoms with Crippen LogP contribution in [-0.4, -0.2) is 35.6 Å². The fourth-order valence-corrected chi connectivity index (χ4v) is 2.07. The molecular formula is C16H24N4O4. The van der Waals surface area contributed by atoms with Gasteiger partial charge in [-0.2, -0.15) is 0 Å². The summed E-state index contributed by atoms with van der Waals surface area (Å²) in [5.41, 5.74) is 7.92. The maximum Gasteiger partial charge on any atom is 0.326 e. The lowest BCUT2D eigenvalue weighted by atomic mass is 10.1. The predicted octanol–water partition coefficient (Wildman–Crippen LogP) is 1.46. The van der Waals surface area contributed by atoms with Gasteiger partial charge in [-0.25, -0.2) is 9.59 Å². The Morgan fingerprint density at radius 2 is 1.96 bits per heavy atom. The van der Waals surface area contributed by atoms with Crippen molar-refractivity contribution in [2.75, 3.05) is 17.6 Å². The molecule has 132 valence electrons. The van der Waals surface area contributed by atoms with Gasteiger partial charge in [0.05, 0.1) is 0 Å². The van der Waals surface area contributed by atoms with Gasteiger partial charge >= 0.3 is 12.0 Å². The Balaban J connectivity index is 2.26. The number of unbranched alkanes of at least 4 members (excludes halogenated alkanes) is 1. The number of hydrogen-bond donors (Lipinski definition) is 5. The Kier molecular flexibility index (Phi) is 7.54. The molecule has 8 nitrogen and oxygen atoms in total. The van der Waals surface area contributed by atoms with Gasteiger partial charge in [-0.1, -0.05) is 6.07 Å². The fraction of sp³-hybridized carbons (Fsp3) is 0.438. The van der Waals surface area contributed by atoms with Gasteiger partial charge in [-0.3, -0.25) is 4.79 Å². The summed E-state index contributed by atoms with van der Waals surface area (Å²) >= 11 is 0. The lowest BCUT2D eigenvalue weighted by Crippen LogP contribution is -2.39. The summed E-state index contributed by atoms with van der Waals surface area (Å²) in [5, 5.41) is 16.7. The van der Waals surface area contributed by atoms with E-state index >= 15 is 0 Å². The second-order valence-corrected chi connectivity index (χ2v) is 5.54. The first-order valence-electron chi connectivity index (χ1n) is 7.70. The third-order valence-corrected chi connectivity index (χ3v) is 3.42. The van der Waals surface area contributed by atoms with Crippen molar-refractivity contribution in [3.8, 4) is 0 Å². The summed E-state index contributed by atoms with van der Waals surface area (Å²) in [7, 11) is 0. The van der Waals surface area contributed by atoms with Gasteiger partial charge in [0, 0.05) is 24.8 Å². The quantitative estimate of drug-likeness (QED) is 0.362. The molecule has 0 heterocycles. The van der Waals surface area contributed by atoms with Crippen LogP contribution in [0.3, 0.4) is 0 Å². The van der Waals surface area contributed by atoms with Crippen LogP contribution in [0.1, 0.15) is 31.7 Å². The summed E-state index contributed by atoms with van der Waals surface area (Å²) in [6.07, 6.45) is 1.48. The van der Waals surface area contributed by atoms with Gasteiger partial charge in [0.15, 0.2) is 0 Å². The molecule has 0 unspecified atom stereocenters. The first-order valence-corrected chi connectivity index (χ1v) is 7.70. The Hall–Kier alpha value is -2.77. The van der Waals surface area contributed by atoms with Gasteiger partial charge < -0.3 is 26.8 Å². The summed E-state index contributed by atoms with van der Waals surface area (Å²) < 4.78 is 0. The highest BCUT2D eigenvalue weighted by Crippen LogP contribution is 2.16. The molecule has 0 saturated heterocycles. The third kappa shape index (κ3) is 6.99. The zero-order chi connectivity index (χ0) is 18.1. The first kappa shape index (κ1) is 19.3. The van der Waals surface area contributed by atoms with Crippen LogP contribution in [0.25, 0.3) is 0 Å². The average Bonchev–Trinajstić information content (AvgIpc) is 2.49. The number of anilines is 2. The highest BCUT2D eigenvalue weighted by molar-refractivity contribution is 5.89. The van der Waals surface area contributed by atoms with E-state index in [2.05, 4.69) is 16.0 Å². The number of nitrogens with two attached hydrogens (primary N) is 1. The molecule has 0 aliphatic carbocycles. The Bertz CT molecular complexity index is 604. The standard InChI is InChI=1S/C16H24N4O4/c1-10-6-7-12(9-13(10)17)20-16(24)18-8-4-3-5-14(15(22)23)19-11(2)21/h6-7,9,14H,3-5,8,17H2,1-2H3,(H,19,21)(H,22,23)(H2,18,20,24)/t14-/m0/s1. The Labute approximate surface area is 140 Å². The number of aryl methyl sites for hydroxylation is 1. The molecule has 0 radical (unpaired) electrons. The van der Waals surface area contributed by atoms with Crippen LogP contribution < -0.4 is 21.7 Å².